The van der Waals surface area contributed by atoms with Crippen molar-refractivity contribution in [1.82, 2.24) is 24.6 Å². The summed E-state index contributed by atoms with van der Waals surface area (Å²) < 4.78 is 9.02. The highest BCUT2D eigenvalue weighted by Crippen LogP contribution is 2.43. The first-order valence-electron chi connectivity index (χ1n) is 14.0. The lowest BCUT2D eigenvalue weighted by Crippen LogP contribution is -2.50. The van der Waals surface area contributed by atoms with Crippen LogP contribution in [0.5, 0.6) is 5.75 Å². The van der Waals surface area contributed by atoms with Gasteiger partial charge in [-0.3, -0.25) is 14.4 Å². The summed E-state index contributed by atoms with van der Waals surface area (Å²) >= 11 is 3.71. The van der Waals surface area contributed by atoms with Crippen LogP contribution in [0.2, 0.25) is 0 Å². The molecule has 2 amide bonds. The minimum Gasteiger partial charge on any atom is -0.485 e. The molecule has 1 saturated carbocycles. The second-order valence-corrected chi connectivity index (χ2v) is 11.9. The van der Waals surface area contributed by atoms with Gasteiger partial charge in [0, 0.05) is 42.3 Å². The first-order chi connectivity index (χ1) is 19.8. The van der Waals surface area contributed by atoms with E-state index in [0.717, 1.165) is 34.0 Å². The van der Waals surface area contributed by atoms with E-state index in [9.17, 15) is 19.5 Å². The average molecular weight is 623 g/mol. The summed E-state index contributed by atoms with van der Waals surface area (Å²) in [6, 6.07) is 10.9. The molecule has 2 aliphatic heterocycles. The number of carboxylic acids is 1. The van der Waals surface area contributed by atoms with Crippen LogP contribution in [0.25, 0.3) is 0 Å². The molecule has 214 valence electrons. The molecule has 6 rings (SSSR count). The number of aryl methyl sites for hydroxylation is 1. The molecule has 0 bridgehead atoms. The van der Waals surface area contributed by atoms with Crippen molar-refractivity contribution < 1.29 is 24.2 Å². The van der Waals surface area contributed by atoms with Gasteiger partial charge in [-0.25, -0.2) is 0 Å². The number of aliphatic carboxylic acids is 1. The number of benzene rings is 2. The fraction of sp³-hybridized carbons (Fsp3) is 0.433. The van der Waals surface area contributed by atoms with Gasteiger partial charge in [-0.1, -0.05) is 47.0 Å². The zero-order valence-corrected chi connectivity index (χ0v) is 24.4. The van der Waals surface area contributed by atoms with Gasteiger partial charge < -0.3 is 24.2 Å². The summed E-state index contributed by atoms with van der Waals surface area (Å²) in [5.41, 5.74) is 3.50. The van der Waals surface area contributed by atoms with Crippen molar-refractivity contribution in [2.45, 2.75) is 51.3 Å². The van der Waals surface area contributed by atoms with Crippen molar-refractivity contribution in [2.75, 3.05) is 13.1 Å². The predicted octanol–water partition coefficient (Wildman–Crippen LogP) is 4.13. The molecule has 1 N–H and O–H groups in total. The van der Waals surface area contributed by atoms with Crippen LogP contribution < -0.4 is 4.74 Å². The van der Waals surface area contributed by atoms with Crippen molar-refractivity contribution >= 4 is 33.7 Å². The highest BCUT2D eigenvalue weighted by atomic mass is 79.9. The quantitative estimate of drug-likeness (QED) is 0.421. The Kier molecular flexibility index (Phi) is 7.54. The van der Waals surface area contributed by atoms with Crippen molar-refractivity contribution in [2.24, 2.45) is 18.9 Å². The van der Waals surface area contributed by atoms with Gasteiger partial charge in [0.05, 0.1) is 17.9 Å². The van der Waals surface area contributed by atoms with E-state index in [1.807, 2.05) is 48.3 Å². The summed E-state index contributed by atoms with van der Waals surface area (Å²) in [6.45, 7) is 1.34. The highest BCUT2D eigenvalue weighted by Gasteiger charge is 2.44. The summed E-state index contributed by atoms with van der Waals surface area (Å²) in [4.78, 5) is 43.4. The van der Waals surface area contributed by atoms with E-state index in [1.165, 1.54) is 0 Å². The highest BCUT2D eigenvalue weighted by molar-refractivity contribution is 9.10. The molecule has 3 aromatic rings. The molecule has 1 aliphatic carbocycles. The number of ether oxygens (including phenoxy) is 1. The number of fused-ring (bicyclic) bond motifs is 2. The average Bonchev–Trinajstić information content (AvgIpc) is 3.54. The third-order valence-electron chi connectivity index (χ3n) is 8.71. The number of carboxylic acid groups (broad SMARTS) is 1. The van der Waals surface area contributed by atoms with Crippen molar-refractivity contribution in [3.05, 3.63) is 75.3 Å². The maximum Gasteiger partial charge on any atom is 0.307 e. The van der Waals surface area contributed by atoms with Crippen molar-refractivity contribution in [1.29, 1.82) is 0 Å². The SMILES string of the molecule is Cn1cnnc1COc1ccc(Br)c2c1C(CN1Cc3ccccc3C1=O)N(C(=O)C1CCCCC1C(=O)O)CC2. The minimum atomic E-state index is -0.919. The van der Waals surface area contributed by atoms with Crippen LogP contribution >= 0.6 is 15.9 Å². The Morgan fingerprint density at radius 1 is 1.12 bits per heavy atom. The second-order valence-electron chi connectivity index (χ2n) is 11.1. The summed E-state index contributed by atoms with van der Waals surface area (Å²) in [5.74, 6) is -1.18. The standard InChI is InChI=1S/C30H32BrN5O5/c1-34-17-32-33-26(34)16-41-25-11-10-23(31)22-12-13-36(29(38)20-8-4-5-9-21(20)30(39)40)24(27(22)25)15-35-14-18-6-2-3-7-19(18)28(35)37/h2-3,6-7,10-11,17,20-21,24H,4-5,8-9,12-16H2,1H3,(H,39,40). The molecule has 3 unspecified atom stereocenters. The number of hydrogen-bond acceptors (Lipinski definition) is 6. The van der Waals surface area contributed by atoms with Gasteiger partial charge in [-0.2, -0.15) is 0 Å². The summed E-state index contributed by atoms with van der Waals surface area (Å²) in [5, 5.41) is 18.0. The number of amides is 2. The topological polar surface area (TPSA) is 118 Å². The number of carbonyl (C=O) groups excluding carboxylic acids is 2. The molecule has 10 nitrogen and oxygen atoms in total. The molecule has 1 aromatic heterocycles. The monoisotopic (exact) mass is 621 g/mol. The first-order valence-corrected chi connectivity index (χ1v) is 14.8. The normalized spacial score (nSPS) is 21.9. The van der Waals surface area contributed by atoms with Crippen LogP contribution in [0, 0.1) is 11.8 Å². The first kappa shape index (κ1) is 27.4. The fourth-order valence-corrected chi connectivity index (χ4v) is 7.09. The van der Waals surface area contributed by atoms with Crippen LogP contribution in [-0.2, 0) is 36.2 Å². The van der Waals surface area contributed by atoms with Crippen LogP contribution in [0.15, 0.2) is 47.2 Å². The maximum atomic E-state index is 14.2. The lowest BCUT2D eigenvalue weighted by molar-refractivity contribution is -0.153. The Hall–Kier alpha value is -3.73. The van der Waals surface area contributed by atoms with E-state index in [4.69, 9.17) is 4.74 Å². The third-order valence-corrected chi connectivity index (χ3v) is 9.45. The number of rotatable bonds is 7. The van der Waals surface area contributed by atoms with E-state index in [2.05, 4.69) is 26.1 Å². The Morgan fingerprint density at radius 3 is 2.63 bits per heavy atom. The second kappa shape index (κ2) is 11.3. The van der Waals surface area contributed by atoms with Crippen LogP contribution in [0.3, 0.4) is 0 Å². The number of hydrogen-bond donors (Lipinski definition) is 1. The van der Waals surface area contributed by atoms with Gasteiger partial charge in [0.1, 0.15) is 18.7 Å². The van der Waals surface area contributed by atoms with Gasteiger partial charge in [0.25, 0.3) is 5.91 Å². The molecular weight excluding hydrogens is 590 g/mol. The molecule has 41 heavy (non-hydrogen) atoms. The molecular formula is C30H32BrN5O5. The smallest absolute Gasteiger partial charge is 0.307 e. The summed E-state index contributed by atoms with van der Waals surface area (Å²) in [7, 11) is 1.85. The summed E-state index contributed by atoms with van der Waals surface area (Å²) in [6.07, 6.45) is 4.87. The van der Waals surface area contributed by atoms with Crippen molar-refractivity contribution in [3.63, 3.8) is 0 Å². The van der Waals surface area contributed by atoms with E-state index >= 15 is 0 Å². The Bertz CT molecular complexity index is 1510. The van der Waals surface area contributed by atoms with E-state index in [1.54, 1.807) is 15.8 Å². The Morgan fingerprint density at radius 2 is 1.90 bits per heavy atom. The fourth-order valence-electron chi connectivity index (χ4n) is 6.55. The van der Waals surface area contributed by atoms with Crippen molar-refractivity contribution in [3.8, 4) is 5.75 Å². The number of aromatic nitrogens is 3. The molecule has 3 aliphatic rings. The molecule has 3 atom stereocenters. The van der Waals surface area contributed by atoms with Gasteiger partial charge >= 0.3 is 5.97 Å². The molecule has 11 heteroatoms. The maximum absolute atomic E-state index is 14.2. The molecule has 2 aromatic carbocycles. The van der Waals surface area contributed by atoms with E-state index in [-0.39, 0.29) is 25.0 Å². The zero-order chi connectivity index (χ0) is 28.7. The number of halogens is 1. The number of nitrogens with zero attached hydrogens (tertiary/aromatic N) is 5. The zero-order valence-electron chi connectivity index (χ0n) is 22.8. The van der Waals surface area contributed by atoms with E-state index < -0.39 is 23.8 Å². The molecule has 0 radical (unpaired) electrons. The lowest BCUT2D eigenvalue weighted by atomic mass is 9.77. The van der Waals surface area contributed by atoms with Crippen LogP contribution in [0.4, 0.5) is 0 Å². The lowest BCUT2D eigenvalue weighted by Gasteiger charge is -2.43. The Balaban J connectivity index is 1.39. The Labute approximate surface area is 246 Å². The van der Waals surface area contributed by atoms with E-state index in [0.29, 0.717) is 49.5 Å². The van der Waals surface area contributed by atoms with Crippen LogP contribution in [0.1, 0.15) is 64.6 Å². The molecule has 1 fully saturated rings. The minimum absolute atomic E-state index is 0.0715. The van der Waals surface area contributed by atoms with Gasteiger partial charge in [-0.05, 0) is 48.6 Å². The third kappa shape index (κ3) is 5.11. The van der Waals surface area contributed by atoms with Gasteiger partial charge in [0.15, 0.2) is 5.82 Å². The molecule has 0 saturated heterocycles. The largest absolute Gasteiger partial charge is 0.485 e. The van der Waals surface area contributed by atoms with Crippen LogP contribution in [-0.4, -0.2) is 60.5 Å². The predicted molar refractivity (Wildman–Crippen MR) is 152 cm³/mol. The van der Waals surface area contributed by atoms with Gasteiger partial charge in [-0.15, -0.1) is 10.2 Å². The van der Waals surface area contributed by atoms with Gasteiger partial charge in [0.2, 0.25) is 5.91 Å². The molecule has 0 spiro atoms. The molecule has 3 heterocycles. The number of carbonyl (C=O) groups is 3.